The van der Waals surface area contributed by atoms with E-state index in [0.29, 0.717) is 5.92 Å². The number of aryl methyl sites for hydroxylation is 1. The number of aromatic nitrogens is 3. The van der Waals surface area contributed by atoms with Gasteiger partial charge in [0, 0.05) is 19.6 Å². The summed E-state index contributed by atoms with van der Waals surface area (Å²) in [5.74, 6) is 2.64. The first-order valence-corrected chi connectivity index (χ1v) is 9.09. The lowest BCUT2D eigenvalue weighted by molar-refractivity contribution is 0.275. The van der Waals surface area contributed by atoms with Gasteiger partial charge < -0.3 is 5.11 Å². The Kier molecular flexibility index (Phi) is 4.23. The zero-order valence-electron chi connectivity index (χ0n) is 14.1. The molecule has 4 heteroatoms. The smallest absolute Gasteiger partial charge is 0.161 e. The van der Waals surface area contributed by atoms with E-state index in [9.17, 15) is 5.11 Å². The molecular formula is C20H25N3O. The van der Waals surface area contributed by atoms with Crippen molar-refractivity contribution in [3.63, 3.8) is 0 Å². The Morgan fingerprint density at radius 3 is 2.71 bits per heavy atom. The lowest BCUT2D eigenvalue weighted by Gasteiger charge is -2.11. The Morgan fingerprint density at radius 1 is 1.21 bits per heavy atom. The second-order valence-electron chi connectivity index (χ2n) is 7.07. The summed E-state index contributed by atoms with van der Waals surface area (Å²) in [6.07, 6.45) is 10.9. The number of nitrogens with zero attached hydrogens (tertiary/aromatic N) is 3. The molecule has 1 fully saturated rings. The third-order valence-corrected chi connectivity index (χ3v) is 5.34. The van der Waals surface area contributed by atoms with Gasteiger partial charge in [0.05, 0.1) is 5.41 Å². The number of aliphatic hydroxyl groups excluding tert-OH is 1. The Hall–Kier alpha value is -1.94. The van der Waals surface area contributed by atoms with E-state index >= 15 is 0 Å². The maximum atomic E-state index is 9.19. The number of hydrogen-bond donors (Lipinski definition) is 1. The Balaban J connectivity index is 1.63. The molecule has 2 aliphatic carbocycles. The molecule has 0 radical (unpaired) electrons. The summed E-state index contributed by atoms with van der Waals surface area (Å²) in [7, 11) is 0. The highest BCUT2D eigenvalue weighted by molar-refractivity contribution is 5.39. The maximum absolute atomic E-state index is 9.19. The van der Waals surface area contributed by atoms with Crippen LogP contribution in [0.4, 0.5) is 0 Å². The number of hydrogen-bond acceptors (Lipinski definition) is 3. The van der Waals surface area contributed by atoms with Gasteiger partial charge in [0.25, 0.3) is 0 Å². The van der Waals surface area contributed by atoms with Crippen molar-refractivity contribution < 1.29 is 5.11 Å². The number of rotatable bonds is 7. The number of aliphatic hydroxyl groups is 1. The van der Waals surface area contributed by atoms with E-state index in [-0.39, 0.29) is 12.0 Å². The lowest BCUT2D eigenvalue weighted by Crippen LogP contribution is -2.12. The topological polar surface area (TPSA) is 50.9 Å². The predicted molar refractivity (Wildman–Crippen MR) is 93.7 cm³/mol. The molecule has 1 aromatic carbocycles. The fourth-order valence-electron chi connectivity index (χ4n) is 3.75. The van der Waals surface area contributed by atoms with Gasteiger partial charge in [0.1, 0.15) is 5.82 Å². The largest absolute Gasteiger partial charge is 0.396 e. The molecule has 0 saturated heterocycles. The second-order valence-corrected chi connectivity index (χ2v) is 7.07. The lowest BCUT2D eigenvalue weighted by atomic mass is 9.95. The van der Waals surface area contributed by atoms with Gasteiger partial charge in [0.15, 0.2) is 5.82 Å². The summed E-state index contributed by atoms with van der Waals surface area (Å²) in [5.41, 5.74) is 1.35. The molecule has 0 aliphatic heterocycles. The van der Waals surface area contributed by atoms with E-state index in [1.807, 2.05) is 4.68 Å². The second kappa shape index (κ2) is 6.52. The molecular weight excluding hydrogens is 298 g/mol. The van der Waals surface area contributed by atoms with Crippen LogP contribution >= 0.6 is 0 Å². The third-order valence-electron chi connectivity index (χ3n) is 5.34. The van der Waals surface area contributed by atoms with Crippen LogP contribution in [0.2, 0.25) is 0 Å². The summed E-state index contributed by atoms with van der Waals surface area (Å²) >= 11 is 0. The van der Waals surface area contributed by atoms with Crippen molar-refractivity contribution in [1.82, 2.24) is 14.8 Å². The van der Waals surface area contributed by atoms with Crippen molar-refractivity contribution in [2.45, 2.75) is 50.5 Å². The SMILES string of the molecule is OCCCn1nc(C2(c3ccccc3)CC2)nc1C[C@@H]1C=CCC1. The van der Waals surface area contributed by atoms with Crippen LogP contribution in [-0.4, -0.2) is 26.5 Å². The highest BCUT2D eigenvalue weighted by Crippen LogP contribution is 2.52. The average molecular weight is 323 g/mol. The summed E-state index contributed by atoms with van der Waals surface area (Å²) in [6, 6.07) is 10.6. The highest BCUT2D eigenvalue weighted by atomic mass is 16.3. The van der Waals surface area contributed by atoms with Gasteiger partial charge in [-0.3, -0.25) is 0 Å². The van der Waals surface area contributed by atoms with Gasteiger partial charge in [-0.25, -0.2) is 9.67 Å². The number of benzene rings is 1. The van der Waals surface area contributed by atoms with Gasteiger partial charge in [-0.05, 0) is 43.6 Å². The van der Waals surface area contributed by atoms with Gasteiger partial charge >= 0.3 is 0 Å². The molecule has 0 unspecified atom stereocenters. The van der Waals surface area contributed by atoms with Crippen LogP contribution in [0.1, 0.15) is 49.3 Å². The fraction of sp³-hybridized carbons (Fsp3) is 0.500. The molecule has 2 aliphatic rings. The van der Waals surface area contributed by atoms with Crippen molar-refractivity contribution >= 4 is 0 Å². The molecule has 24 heavy (non-hydrogen) atoms. The van der Waals surface area contributed by atoms with Crippen LogP contribution in [0.25, 0.3) is 0 Å². The third kappa shape index (κ3) is 2.91. The summed E-state index contributed by atoms with van der Waals surface area (Å²) in [6.45, 7) is 0.946. The Bertz CT molecular complexity index is 716. The van der Waals surface area contributed by atoms with Crippen LogP contribution in [0, 0.1) is 5.92 Å². The van der Waals surface area contributed by atoms with E-state index in [1.165, 1.54) is 18.4 Å². The van der Waals surface area contributed by atoms with Crippen LogP contribution in [0.5, 0.6) is 0 Å². The molecule has 1 N–H and O–H groups in total. The van der Waals surface area contributed by atoms with E-state index in [0.717, 1.165) is 43.9 Å². The maximum Gasteiger partial charge on any atom is 0.161 e. The zero-order valence-corrected chi connectivity index (χ0v) is 14.1. The van der Waals surface area contributed by atoms with Crippen molar-refractivity contribution in [1.29, 1.82) is 0 Å². The van der Waals surface area contributed by atoms with E-state index in [2.05, 4.69) is 42.5 Å². The van der Waals surface area contributed by atoms with Gasteiger partial charge in [-0.1, -0.05) is 42.5 Å². The first-order chi connectivity index (χ1) is 11.8. The molecule has 4 nitrogen and oxygen atoms in total. The van der Waals surface area contributed by atoms with Crippen LogP contribution in [0.3, 0.4) is 0 Å². The van der Waals surface area contributed by atoms with Crippen molar-refractivity contribution in [3.8, 4) is 0 Å². The fourth-order valence-corrected chi connectivity index (χ4v) is 3.75. The Labute approximate surface area is 143 Å². The predicted octanol–water partition coefficient (Wildman–Crippen LogP) is 3.25. The van der Waals surface area contributed by atoms with Gasteiger partial charge in [-0.2, -0.15) is 5.10 Å². The van der Waals surface area contributed by atoms with Gasteiger partial charge in [-0.15, -0.1) is 0 Å². The van der Waals surface area contributed by atoms with Crippen molar-refractivity contribution in [3.05, 3.63) is 59.7 Å². The van der Waals surface area contributed by atoms with Crippen LogP contribution in [-0.2, 0) is 18.4 Å². The monoisotopic (exact) mass is 323 g/mol. The van der Waals surface area contributed by atoms with Gasteiger partial charge in [0.2, 0.25) is 0 Å². The zero-order chi connectivity index (χ0) is 16.4. The van der Waals surface area contributed by atoms with Crippen molar-refractivity contribution in [2.24, 2.45) is 5.92 Å². The first-order valence-electron chi connectivity index (χ1n) is 9.09. The minimum Gasteiger partial charge on any atom is -0.396 e. The Morgan fingerprint density at radius 2 is 2.04 bits per heavy atom. The van der Waals surface area contributed by atoms with E-state index in [1.54, 1.807) is 0 Å². The normalized spacial score (nSPS) is 21.3. The molecule has 1 atom stereocenters. The summed E-state index contributed by atoms with van der Waals surface area (Å²) in [5, 5.41) is 14.1. The molecule has 126 valence electrons. The molecule has 0 amide bonds. The standard InChI is InChI=1S/C20H25N3O/c24-14-6-13-23-18(15-16-7-4-5-8-16)21-19(22-23)20(11-12-20)17-9-2-1-3-10-17/h1-4,7,9-10,16,24H,5-6,8,11-15H2/t16-/m1/s1. The summed E-state index contributed by atoms with van der Waals surface area (Å²) in [4.78, 5) is 4.97. The first kappa shape index (κ1) is 15.6. The van der Waals surface area contributed by atoms with Crippen LogP contribution < -0.4 is 0 Å². The minimum absolute atomic E-state index is 0.0198. The highest BCUT2D eigenvalue weighted by Gasteiger charge is 2.49. The molecule has 2 aromatic rings. The van der Waals surface area contributed by atoms with E-state index in [4.69, 9.17) is 10.1 Å². The number of allylic oxidation sites excluding steroid dienone is 2. The average Bonchev–Trinajstić information content (AvgIpc) is 3.08. The molecule has 1 aromatic heterocycles. The molecule has 1 heterocycles. The molecule has 4 rings (SSSR count). The van der Waals surface area contributed by atoms with Crippen LogP contribution in [0.15, 0.2) is 42.5 Å². The summed E-state index contributed by atoms with van der Waals surface area (Å²) < 4.78 is 2.04. The van der Waals surface area contributed by atoms with Crippen molar-refractivity contribution in [2.75, 3.05) is 6.61 Å². The molecule has 0 spiro atoms. The molecule has 1 saturated carbocycles. The van der Waals surface area contributed by atoms with E-state index < -0.39 is 0 Å². The quantitative estimate of drug-likeness (QED) is 0.796. The minimum atomic E-state index is 0.0198. The molecule has 0 bridgehead atoms.